The number of carbonyl (C=O) groups is 1. The molecule has 1 amide bonds. The van der Waals surface area contributed by atoms with Crippen LogP contribution in [0.25, 0.3) is 0 Å². The molecule has 2 rings (SSSR count). The van der Waals surface area contributed by atoms with Crippen LogP contribution in [0.4, 0.5) is 20.2 Å². The van der Waals surface area contributed by atoms with Gasteiger partial charge in [0, 0.05) is 5.56 Å². The van der Waals surface area contributed by atoms with Crippen LogP contribution in [0.2, 0.25) is 0 Å². The molecule has 0 aliphatic heterocycles. The third kappa shape index (κ3) is 3.07. The molecule has 3 nitrogen and oxygen atoms in total. The fraction of sp³-hybridized carbons (Fsp3) is 0.0714. The Balaban J connectivity index is 2.25. The van der Waals surface area contributed by atoms with Gasteiger partial charge in [0.05, 0.1) is 11.4 Å². The van der Waals surface area contributed by atoms with E-state index in [9.17, 15) is 13.6 Å². The molecule has 0 saturated heterocycles. The Hall–Kier alpha value is -2.43. The Morgan fingerprint density at radius 3 is 2.47 bits per heavy atom. The lowest BCUT2D eigenvalue weighted by atomic mass is 10.1. The van der Waals surface area contributed by atoms with Crippen LogP contribution in [0.15, 0.2) is 36.4 Å². The van der Waals surface area contributed by atoms with Crippen LogP contribution in [0, 0.1) is 18.6 Å². The number of nitrogens with two attached hydrogens (primary N) is 1. The highest BCUT2D eigenvalue weighted by atomic mass is 19.1. The fourth-order valence-electron chi connectivity index (χ4n) is 1.71. The van der Waals surface area contributed by atoms with Crippen molar-refractivity contribution in [3.63, 3.8) is 0 Å². The van der Waals surface area contributed by atoms with Crippen molar-refractivity contribution in [2.24, 2.45) is 0 Å². The van der Waals surface area contributed by atoms with Crippen LogP contribution in [-0.4, -0.2) is 5.91 Å². The highest BCUT2D eigenvalue weighted by Crippen LogP contribution is 2.20. The molecular formula is C14H12F2N2O. The molecule has 0 radical (unpaired) electrons. The molecule has 19 heavy (non-hydrogen) atoms. The van der Waals surface area contributed by atoms with Crippen LogP contribution in [0.3, 0.4) is 0 Å². The van der Waals surface area contributed by atoms with Gasteiger partial charge < -0.3 is 11.1 Å². The standard InChI is InChI=1S/C14H12F2N2O/c1-8-4-9(6-11(16)5-8)14(19)18-13-3-2-10(15)7-12(13)17/h2-7H,17H2,1H3,(H,18,19). The average Bonchev–Trinajstić information content (AvgIpc) is 2.31. The van der Waals surface area contributed by atoms with Crippen molar-refractivity contribution in [2.45, 2.75) is 6.92 Å². The lowest BCUT2D eigenvalue weighted by molar-refractivity contribution is 0.102. The van der Waals surface area contributed by atoms with Gasteiger partial charge in [-0.3, -0.25) is 4.79 Å². The first-order chi connectivity index (χ1) is 8.95. The molecule has 0 spiro atoms. The number of aryl methyl sites for hydroxylation is 1. The summed E-state index contributed by atoms with van der Waals surface area (Å²) in [6.45, 7) is 1.69. The van der Waals surface area contributed by atoms with Gasteiger partial charge in [-0.1, -0.05) is 0 Å². The molecule has 0 atom stereocenters. The number of halogens is 2. The van der Waals surface area contributed by atoms with Crippen molar-refractivity contribution in [3.05, 3.63) is 59.2 Å². The molecule has 98 valence electrons. The van der Waals surface area contributed by atoms with Gasteiger partial charge >= 0.3 is 0 Å². The zero-order valence-electron chi connectivity index (χ0n) is 10.2. The van der Waals surface area contributed by atoms with Crippen molar-refractivity contribution in [1.82, 2.24) is 0 Å². The molecule has 0 unspecified atom stereocenters. The highest BCUT2D eigenvalue weighted by Gasteiger charge is 2.10. The van der Waals surface area contributed by atoms with E-state index in [2.05, 4.69) is 5.32 Å². The molecule has 0 aromatic heterocycles. The SMILES string of the molecule is Cc1cc(F)cc(C(=O)Nc2ccc(F)cc2N)c1. The quantitative estimate of drug-likeness (QED) is 0.817. The summed E-state index contributed by atoms with van der Waals surface area (Å²) in [7, 11) is 0. The van der Waals surface area contributed by atoms with Crippen molar-refractivity contribution in [1.29, 1.82) is 0 Å². The van der Waals surface area contributed by atoms with E-state index in [0.29, 0.717) is 5.56 Å². The van der Waals surface area contributed by atoms with Crippen LogP contribution in [0.5, 0.6) is 0 Å². The van der Waals surface area contributed by atoms with Crippen LogP contribution in [0.1, 0.15) is 15.9 Å². The Labute approximate surface area is 109 Å². The Morgan fingerprint density at radius 1 is 1.11 bits per heavy atom. The molecule has 2 aromatic carbocycles. The number of anilines is 2. The second-order valence-electron chi connectivity index (χ2n) is 4.20. The number of nitrogens with one attached hydrogen (secondary N) is 1. The summed E-state index contributed by atoms with van der Waals surface area (Å²) in [4.78, 5) is 11.9. The summed E-state index contributed by atoms with van der Waals surface area (Å²) in [5, 5.41) is 2.51. The van der Waals surface area contributed by atoms with E-state index in [1.165, 1.54) is 18.2 Å². The molecule has 0 aliphatic carbocycles. The van der Waals surface area contributed by atoms with E-state index in [1.54, 1.807) is 13.0 Å². The van der Waals surface area contributed by atoms with Gasteiger partial charge in [0.15, 0.2) is 0 Å². The van der Waals surface area contributed by atoms with Crippen LogP contribution in [-0.2, 0) is 0 Å². The molecule has 5 heteroatoms. The zero-order valence-corrected chi connectivity index (χ0v) is 10.2. The maximum Gasteiger partial charge on any atom is 0.255 e. The van der Waals surface area contributed by atoms with Gasteiger partial charge in [-0.2, -0.15) is 0 Å². The minimum absolute atomic E-state index is 0.112. The summed E-state index contributed by atoms with van der Waals surface area (Å²) >= 11 is 0. The lowest BCUT2D eigenvalue weighted by Crippen LogP contribution is -2.13. The number of hydrogen-bond acceptors (Lipinski definition) is 2. The second-order valence-corrected chi connectivity index (χ2v) is 4.20. The predicted molar refractivity (Wildman–Crippen MR) is 69.9 cm³/mol. The molecule has 3 N–H and O–H groups in total. The minimum atomic E-state index is -0.499. The van der Waals surface area contributed by atoms with Crippen molar-refractivity contribution in [3.8, 4) is 0 Å². The van der Waals surface area contributed by atoms with Crippen molar-refractivity contribution < 1.29 is 13.6 Å². The van der Waals surface area contributed by atoms with E-state index >= 15 is 0 Å². The van der Waals surface area contributed by atoms with Crippen LogP contribution < -0.4 is 11.1 Å². The maximum atomic E-state index is 13.2. The predicted octanol–water partition coefficient (Wildman–Crippen LogP) is 3.11. The van der Waals surface area contributed by atoms with E-state index in [0.717, 1.165) is 12.1 Å². The van der Waals surface area contributed by atoms with Gasteiger partial charge in [0.1, 0.15) is 11.6 Å². The normalized spacial score (nSPS) is 10.3. The number of benzene rings is 2. The summed E-state index contributed by atoms with van der Waals surface area (Å²) < 4.78 is 26.1. The average molecular weight is 262 g/mol. The molecule has 0 fully saturated rings. The van der Waals surface area contributed by atoms with Gasteiger partial charge in [-0.05, 0) is 48.9 Å². The third-order valence-electron chi connectivity index (χ3n) is 2.57. The molecule has 2 aromatic rings. The maximum absolute atomic E-state index is 13.2. The number of nitrogen functional groups attached to an aromatic ring is 1. The molecule has 0 bridgehead atoms. The number of rotatable bonds is 2. The summed E-state index contributed by atoms with van der Waals surface area (Å²) in [6.07, 6.45) is 0. The van der Waals surface area contributed by atoms with Gasteiger partial charge in [-0.25, -0.2) is 8.78 Å². The monoisotopic (exact) mass is 262 g/mol. The van der Waals surface area contributed by atoms with E-state index < -0.39 is 17.5 Å². The van der Waals surface area contributed by atoms with Crippen LogP contribution >= 0.6 is 0 Å². The first-order valence-corrected chi connectivity index (χ1v) is 5.59. The lowest BCUT2D eigenvalue weighted by Gasteiger charge is -2.08. The Kier molecular flexibility index (Phi) is 3.46. The topological polar surface area (TPSA) is 55.1 Å². The summed E-state index contributed by atoms with van der Waals surface area (Å²) in [5.41, 5.74) is 6.79. The van der Waals surface area contributed by atoms with E-state index in [4.69, 9.17) is 5.73 Å². The van der Waals surface area contributed by atoms with E-state index in [1.807, 2.05) is 0 Å². The molecule has 0 saturated carbocycles. The van der Waals surface area contributed by atoms with Gasteiger partial charge in [0.2, 0.25) is 0 Å². The number of amides is 1. The summed E-state index contributed by atoms with van der Waals surface area (Å²) in [6, 6.07) is 7.65. The minimum Gasteiger partial charge on any atom is -0.397 e. The van der Waals surface area contributed by atoms with Crippen molar-refractivity contribution >= 4 is 17.3 Å². The number of hydrogen-bond donors (Lipinski definition) is 2. The molecular weight excluding hydrogens is 250 g/mol. The Bertz CT molecular complexity index is 621. The van der Waals surface area contributed by atoms with E-state index in [-0.39, 0.29) is 16.9 Å². The highest BCUT2D eigenvalue weighted by molar-refractivity contribution is 6.05. The van der Waals surface area contributed by atoms with Gasteiger partial charge in [0.25, 0.3) is 5.91 Å². The molecule has 0 heterocycles. The first-order valence-electron chi connectivity index (χ1n) is 5.59. The summed E-state index contributed by atoms with van der Waals surface area (Å²) in [5.74, 6) is -1.48. The Morgan fingerprint density at radius 2 is 1.84 bits per heavy atom. The largest absolute Gasteiger partial charge is 0.397 e. The number of carbonyl (C=O) groups excluding carboxylic acids is 1. The first kappa shape index (κ1) is 13.0. The van der Waals surface area contributed by atoms with Gasteiger partial charge in [-0.15, -0.1) is 0 Å². The zero-order chi connectivity index (χ0) is 14.0. The smallest absolute Gasteiger partial charge is 0.255 e. The molecule has 0 aliphatic rings. The fourth-order valence-corrected chi connectivity index (χ4v) is 1.71. The third-order valence-corrected chi connectivity index (χ3v) is 2.57. The second kappa shape index (κ2) is 5.06. The van der Waals surface area contributed by atoms with Crippen molar-refractivity contribution in [2.75, 3.05) is 11.1 Å².